The summed E-state index contributed by atoms with van der Waals surface area (Å²) in [5.41, 5.74) is 0.336. The SMILES string of the molecule is Cc1ccc(F)c(S(=O)(=O)Nc2ccccc2OC(F)F)c1. The normalized spacial score (nSPS) is 11.5. The number of alkyl halides is 2. The lowest BCUT2D eigenvalue weighted by atomic mass is 10.2. The zero-order chi connectivity index (χ0) is 16.3. The molecule has 2 aromatic carbocycles. The second kappa shape index (κ2) is 6.27. The van der Waals surface area contributed by atoms with Gasteiger partial charge in [0.05, 0.1) is 5.69 Å². The lowest BCUT2D eigenvalue weighted by Gasteiger charge is -2.13. The van der Waals surface area contributed by atoms with Gasteiger partial charge in [-0.25, -0.2) is 12.8 Å². The fourth-order valence-corrected chi connectivity index (χ4v) is 3.00. The molecule has 0 heterocycles. The molecule has 1 N–H and O–H groups in total. The Labute approximate surface area is 125 Å². The summed E-state index contributed by atoms with van der Waals surface area (Å²) in [5.74, 6) is -1.29. The molecule has 4 nitrogen and oxygen atoms in total. The Kier molecular flexibility index (Phi) is 4.60. The lowest BCUT2D eigenvalue weighted by Crippen LogP contribution is -2.16. The predicted molar refractivity (Wildman–Crippen MR) is 75.0 cm³/mol. The van der Waals surface area contributed by atoms with Crippen molar-refractivity contribution in [3.05, 3.63) is 53.8 Å². The molecule has 0 amide bonds. The Morgan fingerprint density at radius 3 is 2.50 bits per heavy atom. The first-order valence-electron chi connectivity index (χ1n) is 6.12. The second-order valence-corrected chi connectivity index (χ2v) is 6.06. The van der Waals surface area contributed by atoms with Crippen molar-refractivity contribution in [1.82, 2.24) is 0 Å². The van der Waals surface area contributed by atoms with Gasteiger partial charge in [-0.3, -0.25) is 4.72 Å². The second-order valence-electron chi connectivity index (χ2n) is 4.41. The van der Waals surface area contributed by atoms with Gasteiger partial charge in [-0.15, -0.1) is 0 Å². The van der Waals surface area contributed by atoms with Crippen LogP contribution in [0, 0.1) is 12.7 Å². The Hall–Kier alpha value is -2.22. The third-order valence-corrected chi connectivity index (χ3v) is 4.10. The van der Waals surface area contributed by atoms with Crippen LogP contribution < -0.4 is 9.46 Å². The van der Waals surface area contributed by atoms with Gasteiger partial charge in [-0.05, 0) is 36.8 Å². The van der Waals surface area contributed by atoms with Crippen molar-refractivity contribution in [3.8, 4) is 5.75 Å². The summed E-state index contributed by atoms with van der Waals surface area (Å²) in [6, 6.07) is 8.84. The minimum atomic E-state index is -4.27. The van der Waals surface area contributed by atoms with Gasteiger partial charge in [-0.2, -0.15) is 8.78 Å². The Morgan fingerprint density at radius 2 is 1.82 bits per heavy atom. The quantitative estimate of drug-likeness (QED) is 0.912. The standard InChI is InChI=1S/C14H12F3NO3S/c1-9-6-7-10(15)13(8-9)22(19,20)18-11-4-2-3-5-12(11)21-14(16)17/h2-8,14,18H,1H3. The molecule has 22 heavy (non-hydrogen) atoms. The number of sulfonamides is 1. The monoisotopic (exact) mass is 331 g/mol. The number of hydrogen-bond acceptors (Lipinski definition) is 3. The van der Waals surface area contributed by atoms with Gasteiger partial charge < -0.3 is 4.74 Å². The van der Waals surface area contributed by atoms with Crippen molar-refractivity contribution in [2.24, 2.45) is 0 Å². The number of para-hydroxylation sites is 2. The average Bonchev–Trinajstić information content (AvgIpc) is 2.43. The molecular weight excluding hydrogens is 319 g/mol. The van der Waals surface area contributed by atoms with Gasteiger partial charge in [0.1, 0.15) is 16.5 Å². The molecule has 2 aromatic rings. The Morgan fingerprint density at radius 1 is 1.14 bits per heavy atom. The molecule has 0 aliphatic rings. The van der Waals surface area contributed by atoms with Gasteiger partial charge in [0, 0.05) is 0 Å². The maximum absolute atomic E-state index is 13.7. The van der Waals surface area contributed by atoms with E-state index in [0.29, 0.717) is 5.56 Å². The number of halogens is 3. The fourth-order valence-electron chi connectivity index (χ4n) is 1.77. The molecule has 0 aliphatic carbocycles. The first-order chi connectivity index (χ1) is 10.3. The summed E-state index contributed by atoms with van der Waals surface area (Å²) in [6.07, 6.45) is 0. The van der Waals surface area contributed by atoms with Crippen LogP contribution in [-0.4, -0.2) is 15.0 Å². The Balaban J connectivity index is 2.39. The van der Waals surface area contributed by atoms with Gasteiger partial charge in [0.15, 0.2) is 0 Å². The number of rotatable bonds is 5. The minimum absolute atomic E-state index is 0.205. The molecule has 0 atom stereocenters. The van der Waals surface area contributed by atoms with Crippen molar-refractivity contribution >= 4 is 15.7 Å². The summed E-state index contributed by atoms with van der Waals surface area (Å²) < 4.78 is 69.1. The van der Waals surface area contributed by atoms with Crippen LogP contribution in [0.2, 0.25) is 0 Å². The van der Waals surface area contributed by atoms with Crippen molar-refractivity contribution in [3.63, 3.8) is 0 Å². The molecule has 0 saturated heterocycles. The van der Waals surface area contributed by atoms with Crippen molar-refractivity contribution < 1.29 is 26.3 Å². The maximum atomic E-state index is 13.7. The molecular formula is C14H12F3NO3S. The van der Waals surface area contributed by atoms with Crippen LogP contribution in [0.5, 0.6) is 5.75 Å². The maximum Gasteiger partial charge on any atom is 0.387 e. The van der Waals surface area contributed by atoms with Crippen LogP contribution in [0.1, 0.15) is 5.56 Å². The number of hydrogen-bond donors (Lipinski definition) is 1. The predicted octanol–water partition coefficient (Wildman–Crippen LogP) is 3.54. The highest BCUT2D eigenvalue weighted by Crippen LogP contribution is 2.28. The topological polar surface area (TPSA) is 55.4 Å². The first-order valence-corrected chi connectivity index (χ1v) is 7.61. The summed E-state index contributed by atoms with van der Waals surface area (Å²) in [7, 11) is -4.27. The van der Waals surface area contributed by atoms with E-state index in [1.807, 2.05) is 0 Å². The number of nitrogens with one attached hydrogen (secondary N) is 1. The number of ether oxygens (including phenoxy) is 1. The van der Waals surface area contributed by atoms with E-state index >= 15 is 0 Å². The third-order valence-electron chi connectivity index (χ3n) is 2.72. The van der Waals surface area contributed by atoms with E-state index < -0.39 is 27.3 Å². The zero-order valence-corrected chi connectivity index (χ0v) is 12.2. The highest BCUT2D eigenvalue weighted by Gasteiger charge is 2.21. The minimum Gasteiger partial charge on any atom is -0.433 e. The van der Waals surface area contributed by atoms with Crippen LogP contribution in [0.15, 0.2) is 47.4 Å². The smallest absolute Gasteiger partial charge is 0.387 e. The summed E-state index contributed by atoms with van der Waals surface area (Å²) in [5, 5.41) is 0. The molecule has 0 unspecified atom stereocenters. The van der Waals surface area contributed by atoms with Gasteiger partial charge in [-0.1, -0.05) is 18.2 Å². The molecule has 0 aromatic heterocycles. The summed E-state index contributed by atoms with van der Waals surface area (Å²) in [6.45, 7) is -1.51. The van der Waals surface area contributed by atoms with E-state index in [9.17, 15) is 21.6 Å². The number of aryl methyl sites for hydroxylation is 1. The van der Waals surface area contributed by atoms with E-state index in [4.69, 9.17) is 0 Å². The van der Waals surface area contributed by atoms with Crippen LogP contribution in [-0.2, 0) is 10.0 Å². The van der Waals surface area contributed by atoms with E-state index in [1.165, 1.54) is 30.3 Å². The Bertz CT molecular complexity index is 779. The highest BCUT2D eigenvalue weighted by molar-refractivity contribution is 7.92. The van der Waals surface area contributed by atoms with E-state index in [2.05, 4.69) is 9.46 Å². The first kappa shape index (κ1) is 16.2. The van der Waals surface area contributed by atoms with Gasteiger partial charge >= 0.3 is 6.61 Å². The molecule has 2 rings (SSSR count). The van der Waals surface area contributed by atoms with Gasteiger partial charge in [0.25, 0.3) is 10.0 Å². The molecule has 0 radical (unpaired) electrons. The summed E-state index contributed by atoms with van der Waals surface area (Å²) in [4.78, 5) is -0.570. The largest absolute Gasteiger partial charge is 0.433 e. The molecule has 8 heteroatoms. The third kappa shape index (κ3) is 3.70. The van der Waals surface area contributed by atoms with Crippen LogP contribution in [0.4, 0.5) is 18.9 Å². The van der Waals surface area contributed by atoms with Crippen LogP contribution in [0.3, 0.4) is 0 Å². The number of benzene rings is 2. The molecule has 0 spiro atoms. The molecule has 0 bridgehead atoms. The average molecular weight is 331 g/mol. The van der Waals surface area contributed by atoms with Crippen molar-refractivity contribution in [2.45, 2.75) is 18.4 Å². The fraction of sp³-hybridized carbons (Fsp3) is 0.143. The van der Waals surface area contributed by atoms with Crippen LogP contribution >= 0.6 is 0 Å². The lowest BCUT2D eigenvalue weighted by molar-refractivity contribution is -0.0493. The van der Waals surface area contributed by atoms with Crippen LogP contribution in [0.25, 0.3) is 0 Å². The highest BCUT2D eigenvalue weighted by atomic mass is 32.2. The molecule has 118 valence electrons. The van der Waals surface area contributed by atoms with E-state index in [0.717, 1.165) is 12.1 Å². The van der Waals surface area contributed by atoms with E-state index in [-0.39, 0.29) is 11.4 Å². The number of anilines is 1. The van der Waals surface area contributed by atoms with E-state index in [1.54, 1.807) is 6.92 Å². The summed E-state index contributed by atoms with van der Waals surface area (Å²) >= 11 is 0. The van der Waals surface area contributed by atoms with Gasteiger partial charge in [0.2, 0.25) is 0 Å². The van der Waals surface area contributed by atoms with Crippen molar-refractivity contribution in [2.75, 3.05) is 4.72 Å². The molecule has 0 aliphatic heterocycles. The molecule has 0 saturated carbocycles. The van der Waals surface area contributed by atoms with Crippen molar-refractivity contribution in [1.29, 1.82) is 0 Å². The zero-order valence-electron chi connectivity index (χ0n) is 11.4. The molecule has 0 fully saturated rings.